The van der Waals surface area contributed by atoms with Crippen molar-refractivity contribution in [2.75, 3.05) is 19.6 Å². The van der Waals surface area contributed by atoms with Gasteiger partial charge in [-0.25, -0.2) is 8.42 Å². The van der Waals surface area contributed by atoms with Crippen LogP contribution in [0, 0.1) is 17.8 Å². The summed E-state index contributed by atoms with van der Waals surface area (Å²) in [6, 6.07) is 6.56. The van der Waals surface area contributed by atoms with E-state index in [-0.39, 0.29) is 17.4 Å². The standard InChI is InChI=1S/C15H20N2O3S/c1-12(18)14-7-9-17(11-14)21(19,20)15-6-2-4-13(10-15)5-3-8-16/h2,4,6,10,12,14,18H,7-9,11,16H2,1H3. The molecule has 1 saturated heterocycles. The first-order valence-corrected chi connectivity index (χ1v) is 8.36. The lowest BCUT2D eigenvalue weighted by atomic mass is 10.0. The Balaban J connectivity index is 2.24. The molecule has 0 bridgehead atoms. The third-order valence-electron chi connectivity index (χ3n) is 3.68. The van der Waals surface area contributed by atoms with Gasteiger partial charge in [0.15, 0.2) is 0 Å². The zero-order valence-corrected chi connectivity index (χ0v) is 12.8. The Morgan fingerprint density at radius 2 is 2.29 bits per heavy atom. The van der Waals surface area contributed by atoms with Crippen LogP contribution in [0.2, 0.25) is 0 Å². The van der Waals surface area contributed by atoms with Crippen molar-refractivity contribution in [2.24, 2.45) is 11.7 Å². The fraction of sp³-hybridized carbons (Fsp3) is 0.467. The van der Waals surface area contributed by atoms with Crippen molar-refractivity contribution in [2.45, 2.75) is 24.3 Å². The van der Waals surface area contributed by atoms with Gasteiger partial charge in [-0.1, -0.05) is 17.9 Å². The van der Waals surface area contributed by atoms with E-state index >= 15 is 0 Å². The fourth-order valence-corrected chi connectivity index (χ4v) is 3.96. The van der Waals surface area contributed by atoms with E-state index in [2.05, 4.69) is 11.8 Å². The lowest BCUT2D eigenvalue weighted by Gasteiger charge is -2.17. The molecule has 1 aromatic rings. The van der Waals surface area contributed by atoms with Crippen LogP contribution in [0.15, 0.2) is 29.2 Å². The Bertz CT molecular complexity index is 659. The molecule has 0 saturated carbocycles. The van der Waals surface area contributed by atoms with Crippen LogP contribution in [0.3, 0.4) is 0 Å². The van der Waals surface area contributed by atoms with Crippen LogP contribution in [0.4, 0.5) is 0 Å². The molecule has 1 heterocycles. The minimum Gasteiger partial charge on any atom is -0.393 e. The highest BCUT2D eigenvalue weighted by molar-refractivity contribution is 7.89. The predicted molar refractivity (Wildman–Crippen MR) is 80.9 cm³/mol. The molecule has 1 fully saturated rings. The lowest BCUT2D eigenvalue weighted by Crippen LogP contribution is -2.30. The Hall–Kier alpha value is -1.39. The van der Waals surface area contributed by atoms with Gasteiger partial charge in [-0.3, -0.25) is 0 Å². The summed E-state index contributed by atoms with van der Waals surface area (Å²) in [6.07, 6.45) is 0.191. The second-order valence-corrected chi connectivity index (χ2v) is 7.12. The summed E-state index contributed by atoms with van der Waals surface area (Å²) in [7, 11) is -3.53. The maximum atomic E-state index is 12.6. The smallest absolute Gasteiger partial charge is 0.243 e. The monoisotopic (exact) mass is 308 g/mol. The summed E-state index contributed by atoms with van der Waals surface area (Å²) < 4.78 is 26.6. The molecule has 3 N–H and O–H groups in total. The molecule has 1 aliphatic rings. The Labute approximate surface area is 125 Å². The molecule has 1 aliphatic heterocycles. The zero-order valence-electron chi connectivity index (χ0n) is 12.0. The van der Waals surface area contributed by atoms with Crippen molar-refractivity contribution in [3.05, 3.63) is 29.8 Å². The van der Waals surface area contributed by atoms with E-state index in [4.69, 9.17) is 5.73 Å². The molecule has 2 atom stereocenters. The maximum absolute atomic E-state index is 12.6. The van der Waals surface area contributed by atoms with Crippen molar-refractivity contribution in [3.63, 3.8) is 0 Å². The average Bonchev–Trinajstić information content (AvgIpc) is 2.96. The summed E-state index contributed by atoms with van der Waals surface area (Å²) >= 11 is 0. The maximum Gasteiger partial charge on any atom is 0.243 e. The van der Waals surface area contributed by atoms with Crippen LogP contribution in [-0.4, -0.2) is 43.6 Å². The Kier molecular flexibility index (Phi) is 5.01. The number of nitrogens with zero attached hydrogens (tertiary/aromatic N) is 1. The molecular formula is C15H20N2O3S. The molecule has 0 aromatic heterocycles. The summed E-state index contributed by atoms with van der Waals surface area (Å²) in [5.74, 6) is 5.55. The first kappa shape index (κ1) is 16.0. The minimum absolute atomic E-state index is 0.00000975. The molecule has 0 spiro atoms. The molecule has 2 unspecified atom stereocenters. The number of sulfonamides is 1. The quantitative estimate of drug-likeness (QED) is 0.791. The van der Waals surface area contributed by atoms with E-state index in [1.165, 1.54) is 4.31 Å². The summed E-state index contributed by atoms with van der Waals surface area (Å²) in [6.45, 7) is 2.73. The summed E-state index contributed by atoms with van der Waals surface area (Å²) in [4.78, 5) is 0.234. The summed E-state index contributed by atoms with van der Waals surface area (Å²) in [5, 5.41) is 9.60. The van der Waals surface area contributed by atoms with E-state index in [1.807, 2.05) is 0 Å². The van der Waals surface area contributed by atoms with Crippen LogP contribution >= 0.6 is 0 Å². The molecule has 0 radical (unpaired) electrons. The van der Waals surface area contributed by atoms with E-state index in [9.17, 15) is 13.5 Å². The highest BCUT2D eigenvalue weighted by Crippen LogP contribution is 2.26. The van der Waals surface area contributed by atoms with Gasteiger partial charge in [0.2, 0.25) is 10.0 Å². The van der Waals surface area contributed by atoms with Crippen molar-refractivity contribution >= 4 is 10.0 Å². The third kappa shape index (κ3) is 3.63. The number of aliphatic hydroxyl groups excluding tert-OH is 1. The Morgan fingerprint density at radius 1 is 1.52 bits per heavy atom. The molecule has 6 heteroatoms. The molecular weight excluding hydrogens is 288 g/mol. The van der Waals surface area contributed by atoms with E-state index in [0.29, 0.717) is 25.1 Å². The highest BCUT2D eigenvalue weighted by Gasteiger charge is 2.34. The number of nitrogens with two attached hydrogens (primary N) is 1. The van der Waals surface area contributed by atoms with Crippen LogP contribution in [0.5, 0.6) is 0 Å². The van der Waals surface area contributed by atoms with Gasteiger partial charge in [0.1, 0.15) is 0 Å². The van der Waals surface area contributed by atoms with Crippen LogP contribution in [-0.2, 0) is 10.0 Å². The van der Waals surface area contributed by atoms with Gasteiger partial charge in [-0.15, -0.1) is 0 Å². The second kappa shape index (κ2) is 6.58. The largest absolute Gasteiger partial charge is 0.393 e. The van der Waals surface area contributed by atoms with Crippen molar-refractivity contribution in [3.8, 4) is 11.8 Å². The van der Waals surface area contributed by atoms with Gasteiger partial charge < -0.3 is 10.8 Å². The number of benzene rings is 1. The normalized spacial score (nSPS) is 20.8. The molecule has 0 amide bonds. The third-order valence-corrected chi connectivity index (χ3v) is 5.54. The SMILES string of the molecule is CC(O)C1CCN(S(=O)(=O)c2cccc(C#CCN)c2)C1. The van der Waals surface area contributed by atoms with E-state index in [1.54, 1.807) is 31.2 Å². The Morgan fingerprint density at radius 3 is 2.90 bits per heavy atom. The number of hydrogen-bond donors (Lipinski definition) is 2. The molecule has 2 rings (SSSR count). The summed E-state index contributed by atoms with van der Waals surface area (Å²) in [5.41, 5.74) is 5.95. The van der Waals surface area contributed by atoms with Crippen LogP contribution in [0.25, 0.3) is 0 Å². The molecule has 114 valence electrons. The van der Waals surface area contributed by atoms with Gasteiger partial charge in [0, 0.05) is 18.7 Å². The molecule has 1 aromatic carbocycles. The number of hydrogen-bond acceptors (Lipinski definition) is 4. The van der Waals surface area contributed by atoms with Gasteiger partial charge in [0.05, 0.1) is 17.5 Å². The van der Waals surface area contributed by atoms with Crippen LogP contribution < -0.4 is 5.73 Å². The van der Waals surface area contributed by atoms with Gasteiger partial charge in [-0.2, -0.15) is 4.31 Å². The highest BCUT2D eigenvalue weighted by atomic mass is 32.2. The van der Waals surface area contributed by atoms with Crippen molar-refractivity contribution in [1.82, 2.24) is 4.31 Å². The van der Waals surface area contributed by atoms with Crippen molar-refractivity contribution < 1.29 is 13.5 Å². The van der Waals surface area contributed by atoms with Gasteiger partial charge in [0.25, 0.3) is 0 Å². The fourth-order valence-electron chi connectivity index (χ4n) is 2.40. The van der Waals surface area contributed by atoms with E-state index < -0.39 is 16.1 Å². The van der Waals surface area contributed by atoms with Crippen molar-refractivity contribution in [1.29, 1.82) is 0 Å². The predicted octanol–water partition coefficient (Wildman–Crippen LogP) is 0.388. The van der Waals surface area contributed by atoms with Gasteiger partial charge in [-0.05, 0) is 37.5 Å². The lowest BCUT2D eigenvalue weighted by molar-refractivity contribution is 0.133. The van der Waals surface area contributed by atoms with Gasteiger partial charge >= 0.3 is 0 Å². The minimum atomic E-state index is -3.53. The topological polar surface area (TPSA) is 83.6 Å². The van der Waals surface area contributed by atoms with Crippen LogP contribution in [0.1, 0.15) is 18.9 Å². The first-order chi connectivity index (χ1) is 9.95. The number of rotatable bonds is 3. The molecule has 5 nitrogen and oxygen atoms in total. The zero-order chi connectivity index (χ0) is 15.5. The second-order valence-electron chi connectivity index (χ2n) is 5.19. The number of aliphatic hydroxyl groups is 1. The first-order valence-electron chi connectivity index (χ1n) is 6.92. The van der Waals surface area contributed by atoms with E-state index in [0.717, 1.165) is 0 Å². The molecule has 21 heavy (non-hydrogen) atoms. The molecule has 0 aliphatic carbocycles. The average molecular weight is 308 g/mol.